The van der Waals surface area contributed by atoms with Crippen LogP contribution in [0.2, 0.25) is 5.02 Å². The fourth-order valence-electron chi connectivity index (χ4n) is 3.85. The Hall–Kier alpha value is -1.11. The average molecular weight is 411 g/mol. The first-order valence-electron chi connectivity index (χ1n) is 9.66. The van der Waals surface area contributed by atoms with Crippen LogP contribution in [0, 0.1) is 6.92 Å². The molecule has 0 aliphatic carbocycles. The van der Waals surface area contributed by atoms with Gasteiger partial charge in [-0.25, -0.2) is 0 Å². The molecule has 1 N–H and O–H groups in total. The lowest BCUT2D eigenvalue weighted by atomic mass is 9.99. The standard InChI is InChI=1S/C20H31ClN4OS/c1-16-4-5-17(21)14-18(16)24-8-10-25(11-9-24)19(22-2)23-15-20(27-3)6-12-26-13-7-20/h4-5,14H,6-13,15H2,1-3H3,(H,22,23). The number of aliphatic imine (C=N–C) groups is 1. The summed E-state index contributed by atoms with van der Waals surface area (Å²) >= 11 is 8.16. The maximum atomic E-state index is 6.20. The third kappa shape index (κ3) is 5.04. The second-order valence-electron chi connectivity index (χ2n) is 7.31. The van der Waals surface area contributed by atoms with Gasteiger partial charge in [-0.3, -0.25) is 4.99 Å². The first-order chi connectivity index (χ1) is 13.1. The van der Waals surface area contributed by atoms with E-state index in [0.717, 1.165) is 69.8 Å². The molecule has 5 nitrogen and oxygen atoms in total. The minimum Gasteiger partial charge on any atom is -0.381 e. The summed E-state index contributed by atoms with van der Waals surface area (Å²) < 4.78 is 5.81. The molecule has 1 aromatic rings. The SMILES string of the molecule is CN=C(NCC1(SC)CCOCC1)N1CCN(c2cc(Cl)ccc2C)CC1. The molecular weight excluding hydrogens is 380 g/mol. The maximum absolute atomic E-state index is 6.20. The molecule has 2 saturated heterocycles. The Bertz CT molecular complexity index is 655. The van der Waals surface area contributed by atoms with Gasteiger partial charge in [0.1, 0.15) is 0 Å². The largest absolute Gasteiger partial charge is 0.381 e. The molecule has 0 atom stereocenters. The van der Waals surface area contributed by atoms with E-state index in [0.29, 0.717) is 0 Å². The van der Waals surface area contributed by atoms with Crippen molar-refractivity contribution in [1.82, 2.24) is 10.2 Å². The van der Waals surface area contributed by atoms with E-state index in [2.05, 4.69) is 45.4 Å². The van der Waals surface area contributed by atoms with Gasteiger partial charge in [-0.15, -0.1) is 0 Å². The number of ether oxygens (including phenoxy) is 1. The number of hydrogen-bond donors (Lipinski definition) is 1. The first kappa shape index (κ1) is 20.6. The number of nitrogens with one attached hydrogen (secondary N) is 1. The van der Waals surface area contributed by atoms with Crippen LogP contribution < -0.4 is 10.2 Å². The van der Waals surface area contributed by atoms with Crippen LogP contribution in [0.4, 0.5) is 5.69 Å². The summed E-state index contributed by atoms with van der Waals surface area (Å²) in [6.45, 7) is 8.68. The van der Waals surface area contributed by atoms with Crippen molar-refractivity contribution >= 4 is 35.0 Å². The van der Waals surface area contributed by atoms with Crippen LogP contribution in [0.15, 0.2) is 23.2 Å². The van der Waals surface area contributed by atoms with Gasteiger partial charge in [-0.1, -0.05) is 17.7 Å². The lowest BCUT2D eigenvalue weighted by Crippen LogP contribution is -2.55. The molecule has 7 heteroatoms. The van der Waals surface area contributed by atoms with Crippen LogP contribution in [0.25, 0.3) is 0 Å². The maximum Gasteiger partial charge on any atom is 0.193 e. The molecular formula is C20H31ClN4OS. The van der Waals surface area contributed by atoms with E-state index in [1.54, 1.807) is 0 Å². The van der Waals surface area contributed by atoms with E-state index in [-0.39, 0.29) is 4.75 Å². The smallest absolute Gasteiger partial charge is 0.193 e. The second-order valence-corrected chi connectivity index (χ2v) is 9.02. The summed E-state index contributed by atoms with van der Waals surface area (Å²) in [5.41, 5.74) is 2.52. The number of guanidine groups is 1. The van der Waals surface area contributed by atoms with Crippen LogP contribution in [0.3, 0.4) is 0 Å². The summed E-state index contributed by atoms with van der Waals surface area (Å²) in [6.07, 6.45) is 4.40. The molecule has 0 aromatic heterocycles. The number of benzene rings is 1. The number of anilines is 1. The Morgan fingerprint density at radius 2 is 1.96 bits per heavy atom. The lowest BCUT2D eigenvalue weighted by molar-refractivity contribution is 0.0781. The van der Waals surface area contributed by atoms with Gasteiger partial charge in [0.2, 0.25) is 0 Å². The number of rotatable bonds is 4. The molecule has 0 saturated carbocycles. The summed E-state index contributed by atoms with van der Waals surface area (Å²) in [6, 6.07) is 6.13. The fourth-order valence-corrected chi connectivity index (χ4v) is 4.81. The van der Waals surface area contributed by atoms with E-state index in [1.807, 2.05) is 24.9 Å². The van der Waals surface area contributed by atoms with Gasteiger partial charge in [0.15, 0.2) is 5.96 Å². The molecule has 2 aliphatic rings. The van der Waals surface area contributed by atoms with Crippen molar-refractivity contribution in [3.05, 3.63) is 28.8 Å². The molecule has 2 fully saturated rings. The number of piperazine rings is 1. The highest BCUT2D eigenvalue weighted by Crippen LogP contribution is 2.33. The highest BCUT2D eigenvalue weighted by molar-refractivity contribution is 8.00. The number of hydrogen-bond acceptors (Lipinski definition) is 4. The number of nitrogens with zero attached hydrogens (tertiary/aromatic N) is 3. The molecule has 0 radical (unpaired) electrons. The minimum atomic E-state index is 0.258. The van der Waals surface area contributed by atoms with Gasteiger partial charge in [-0.2, -0.15) is 11.8 Å². The molecule has 2 heterocycles. The summed E-state index contributed by atoms with van der Waals surface area (Å²) in [5, 5.41) is 4.44. The Morgan fingerprint density at radius 1 is 1.26 bits per heavy atom. The van der Waals surface area contributed by atoms with Gasteiger partial charge in [0.25, 0.3) is 0 Å². The third-order valence-electron chi connectivity index (χ3n) is 5.71. The van der Waals surface area contributed by atoms with E-state index < -0.39 is 0 Å². The van der Waals surface area contributed by atoms with Gasteiger partial charge >= 0.3 is 0 Å². The van der Waals surface area contributed by atoms with Crippen molar-refractivity contribution in [3.8, 4) is 0 Å². The van der Waals surface area contributed by atoms with E-state index in [1.165, 1.54) is 11.3 Å². The zero-order valence-corrected chi connectivity index (χ0v) is 18.2. The molecule has 3 rings (SSSR count). The third-order valence-corrected chi connectivity index (χ3v) is 7.36. The summed E-state index contributed by atoms with van der Waals surface area (Å²) in [5.74, 6) is 1.01. The Kier molecular flexibility index (Phi) is 7.17. The van der Waals surface area contributed by atoms with Gasteiger partial charge in [0, 0.05) is 68.4 Å². The molecule has 0 unspecified atom stereocenters. The molecule has 150 valence electrons. The molecule has 2 aliphatic heterocycles. The van der Waals surface area contributed by atoms with E-state index in [4.69, 9.17) is 16.3 Å². The second kappa shape index (κ2) is 9.39. The summed E-state index contributed by atoms with van der Waals surface area (Å²) in [7, 11) is 1.88. The zero-order chi connectivity index (χ0) is 19.3. The van der Waals surface area contributed by atoms with Crippen molar-refractivity contribution in [2.75, 3.05) is 64.1 Å². The molecule has 0 amide bonds. The van der Waals surface area contributed by atoms with E-state index >= 15 is 0 Å². The Labute approximate surface area is 172 Å². The highest BCUT2D eigenvalue weighted by atomic mass is 35.5. The Balaban J connectivity index is 1.56. The van der Waals surface area contributed by atoms with Crippen LogP contribution >= 0.6 is 23.4 Å². The Morgan fingerprint density at radius 3 is 2.59 bits per heavy atom. The van der Waals surface area contributed by atoms with Crippen molar-refractivity contribution in [2.45, 2.75) is 24.5 Å². The van der Waals surface area contributed by atoms with Gasteiger partial charge in [-0.05, 0) is 43.7 Å². The molecule has 27 heavy (non-hydrogen) atoms. The van der Waals surface area contributed by atoms with Crippen LogP contribution in [-0.4, -0.2) is 74.8 Å². The van der Waals surface area contributed by atoms with Crippen LogP contribution in [-0.2, 0) is 4.74 Å². The quantitative estimate of drug-likeness (QED) is 0.609. The molecule has 0 bridgehead atoms. The van der Waals surface area contributed by atoms with Crippen molar-refractivity contribution < 1.29 is 4.74 Å². The first-order valence-corrected chi connectivity index (χ1v) is 11.3. The van der Waals surface area contributed by atoms with Crippen molar-refractivity contribution in [1.29, 1.82) is 0 Å². The number of halogens is 1. The highest BCUT2D eigenvalue weighted by Gasteiger charge is 2.32. The lowest BCUT2D eigenvalue weighted by Gasteiger charge is -2.40. The van der Waals surface area contributed by atoms with Crippen LogP contribution in [0.1, 0.15) is 18.4 Å². The summed E-state index contributed by atoms with van der Waals surface area (Å²) in [4.78, 5) is 9.33. The van der Waals surface area contributed by atoms with Crippen molar-refractivity contribution in [3.63, 3.8) is 0 Å². The monoisotopic (exact) mass is 410 g/mol. The predicted octanol–water partition coefficient (Wildman–Crippen LogP) is 3.26. The number of thioether (sulfide) groups is 1. The zero-order valence-electron chi connectivity index (χ0n) is 16.6. The fraction of sp³-hybridized carbons (Fsp3) is 0.650. The van der Waals surface area contributed by atoms with E-state index in [9.17, 15) is 0 Å². The van der Waals surface area contributed by atoms with Gasteiger partial charge in [0.05, 0.1) is 0 Å². The normalized spacial score (nSPS) is 20.7. The average Bonchev–Trinajstić information content (AvgIpc) is 2.71. The van der Waals surface area contributed by atoms with Gasteiger partial charge < -0.3 is 19.9 Å². The predicted molar refractivity (Wildman–Crippen MR) is 118 cm³/mol. The number of aryl methyl sites for hydroxylation is 1. The molecule has 0 spiro atoms. The molecule has 1 aromatic carbocycles. The topological polar surface area (TPSA) is 40.1 Å². The van der Waals surface area contributed by atoms with Crippen LogP contribution in [0.5, 0.6) is 0 Å². The minimum absolute atomic E-state index is 0.258. The van der Waals surface area contributed by atoms with Crippen molar-refractivity contribution in [2.24, 2.45) is 4.99 Å².